The Labute approximate surface area is 144 Å². The molecular formula is C21H27NO2. The van der Waals surface area contributed by atoms with Crippen LogP contribution in [0.4, 0.5) is 10.5 Å². The SMILES string of the molecule is CC(C)(C)C1CCC(OC(=O)Nc2ccc3ccccc3c2)CC1. The smallest absolute Gasteiger partial charge is 0.411 e. The van der Waals surface area contributed by atoms with E-state index >= 15 is 0 Å². The van der Waals surface area contributed by atoms with Crippen molar-refractivity contribution in [3.8, 4) is 0 Å². The van der Waals surface area contributed by atoms with Crippen LogP contribution in [0.1, 0.15) is 46.5 Å². The number of ether oxygens (including phenoxy) is 1. The standard InChI is InChI=1S/C21H27NO2/c1-21(2,3)17-9-12-19(13-10-17)24-20(23)22-18-11-8-15-6-4-5-7-16(15)14-18/h4-8,11,14,17,19H,9-10,12-13H2,1-3H3,(H,22,23). The third kappa shape index (κ3) is 4.08. The lowest BCUT2D eigenvalue weighted by molar-refractivity contribution is 0.0528. The molecule has 3 rings (SSSR count). The van der Waals surface area contributed by atoms with Crippen molar-refractivity contribution in [2.75, 3.05) is 5.32 Å². The van der Waals surface area contributed by atoms with E-state index in [0.29, 0.717) is 5.41 Å². The van der Waals surface area contributed by atoms with Crippen molar-refractivity contribution in [1.29, 1.82) is 0 Å². The van der Waals surface area contributed by atoms with Crippen LogP contribution in [0.25, 0.3) is 10.8 Å². The van der Waals surface area contributed by atoms with Gasteiger partial charge in [0.25, 0.3) is 0 Å². The van der Waals surface area contributed by atoms with Crippen molar-refractivity contribution >= 4 is 22.6 Å². The zero-order valence-corrected chi connectivity index (χ0v) is 14.8. The normalized spacial score (nSPS) is 21.5. The number of amides is 1. The van der Waals surface area contributed by atoms with Gasteiger partial charge in [-0.3, -0.25) is 5.32 Å². The fourth-order valence-electron chi connectivity index (χ4n) is 3.61. The van der Waals surface area contributed by atoms with Gasteiger partial charge in [0.05, 0.1) is 0 Å². The number of fused-ring (bicyclic) bond motifs is 1. The molecular weight excluding hydrogens is 298 g/mol. The fourth-order valence-corrected chi connectivity index (χ4v) is 3.61. The Balaban J connectivity index is 1.54. The Morgan fingerprint density at radius 1 is 1.00 bits per heavy atom. The zero-order valence-electron chi connectivity index (χ0n) is 14.8. The zero-order chi connectivity index (χ0) is 17.2. The monoisotopic (exact) mass is 325 g/mol. The van der Waals surface area contributed by atoms with E-state index in [1.165, 1.54) is 0 Å². The number of benzene rings is 2. The first-order chi connectivity index (χ1) is 11.4. The maximum Gasteiger partial charge on any atom is 0.411 e. The minimum Gasteiger partial charge on any atom is -0.446 e. The van der Waals surface area contributed by atoms with Gasteiger partial charge in [-0.25, -0.2) is 4.79 Å². The molecule has 0 spiro atoms. The number of rotatable bonds is 2. The van der Waals surface area contributed by atoms with Gasteiger partial charge in [0.15, 0.2) is 0 Å². The molecule has 1 aliphatic carbocycles. The number of carbonyl (C=O) groups excluding carboxylic acids is 1. The summed E-state index contributed by atoms with van der Waals surface area (Å²) in [5.74, 6) is 0.723. The van der Waals surface area contributed by atoms with E-state index in [2.05, 4.69) is 32.2 Å². The largest absolute Gasteiger partial charge is 0.446 e. The molecule has 0 aliphatic heterocycles. The molecule has 3 heteroatoms. The average Bonchev–Trinajstić information content (AvgIpc) is 2.54. The van der Waals surface area contributed by atoms with Gasteiger partial charge in [-0.1, -0.05) is 51.1 Å². The number of hydrogen-bond acceptors (Lipinski definition) is 2. The number of carbonyl (C=O) groups is 1. The van der Waals surface area contributed by atoms with Crippen molar-refractivity contribution in [1.82, 2.24) is 0 Å². The van der Waals surface area contributed by atoms with Crippen LogP contribution >= 0.6 is 0 Å². The second-order valence-corrected chi connectivity index (χ2v) is 7.93. The van der Waals surface area contributed by atoms with Gasteiger partial charge in [0.2, 0.25) is 0 Å². The molecule has 128 valence electrons. The van der Waals surface area contributed by atoms with Crippen LogP contribution in [0.15, 0.2) is 42.5 Å². The lowest BCUT2D eigenvalue weighted by Gasteiger charge is -2.36. The van der Waals surface area contributed by atoms with Crippen molar-refractivity contribution in [2.45, 2.75) is 52.6 Å². The molecule has 0 saturated heterocycles. The first kappa shape index (κ1) is 16.8. The summed E-state index contributed by atoms with van der Waals surface area (Å²) in [6.07, 6.45) is 3.91. The van der Waals surface area contributed by atoms with Crippen molar-refractivity contribution in [2.24, 2.45) is 11.3 Å². The van der Waals surface area contributed by atoms with E-state index in [9.17, 15) is 4.79 Å². The second-order valence-electron chi connectivity index (χ2n) is 7.93. The van der Waals surface area contributed by atoms with Gasteiger partial charge in [-0.05, 0) is 59.9 Å². The highest BCUT2D eigenvalue weighted by molar-refractivity contribution is 5.91. The van der Waals surface area contributed by atoms with Crippen LogP contribution in [0.2, 0.25) is 0 Å². The molecule has 1 N–H and O–H groups in total. The van der Waals surface area contributed by atoms with E-state index in [-0.39, 0.29) is 12.2 Å². The highest BCUT2D eigenvalue weighted by Gasteiger charge is 2.31. The minimum atomic E-state index is -0.343. The molecule has 1 amide bonds. The molecule has 1 aliphatic rings. The van der Waals surface area contributed by atoms with Crippen molar-refractivity contribution in [3.63, 3.8) is 0 Å². The predicted octanol–water partition coefficient (Wildman–Crippen LogP) is 5.99. The summed E-state index contributed by atoms with van der Waals surface area (Å²) in [4.78, 5) is 12.2. The van der Waals surface area contributed by atoms with Crippen LogP contribution in [0, 0.1) is 11.3 Å². The molecule has 0 bridgehead atoms. The van der Waals surface area contributed by atoms with Gasteiger partial charge < -0.3 is 4.74 Å². The summed E-state index contributed by atoms with van der Waals surface area (Å²) in [6, 6.07) is 14.0. The molecule has 1 fully saturated rings. The summed E-state index contributed by atoms with van der Waals surface area (Å²) in [7, 11) is 0. The van der Waals surface area contributed by atoms with E-state index in [4.69, 9.17) is 4.74 Å². The maximum absolute atomic E-state index is 12.2. The Morgan fingerprint density at radius 2 is 1.67 bits per heavy atom. The Morgan fingerprint density at radius 3 is 2.33 bits per heavy atom. The number of anilines is 1. The van der Waals surface area contributed by atoms with E-state index in [1.54, 1.807) is 0 Å². The lowest BCUT2D eigenvalue weighted by Crippen LogP contribution is -2.31. The quantitative estimate of drug-likeness (QED) is 0.736. The van der Waals surface area contributed by atoms with E-state index in [1.807, 2.05) is 36.4 Å². The molecule has 1 saturated carbocycles. The molecule has 0 heterocycles. The molecule has 0 radical (unpaired) electrons. The molecule has 0 atom stereocenters. The average molecular weight is 325 g/mol. The highest BCUT2D eigenvalue weighted by atomic mass is 16.6. The Kier molecular flexibility index (Phi) is 4.79. The van der Waals surface area contributed by atoms with Gasteiger partial charge in [-0.2, -0.15) is 0 Å². The van der Waals surface area contributed by atoms with Crippen LogP contribution in [0.5, 0.6) is 0 Å². The highest BCUT2D eigenvalue weighted by Crippen LogP contribution is 2.38. The third-order valence-electron chi connectivity index (χ3n) is 5.17. The predicted molar refractivity (Wildman–Crippen MR) is 99.3 cm³/mol. The Hall–Kier alpha value is -2.03. The molecule has 24 heavy (non-hydrogen) atoms. The maximum atomic E-state index is 12.2. The molecule has 2 aromatic carbocycles. The summed E-state index contributed by atoms with van der Waals surface area (Å²) in [6.45, 7) is 6.89. The van der Waals surface area contributed by atoms with Crippen LogP contribution < -0.4 is 5.32 Å². The summed E-state index contributed by atoms with van der Waals surface area (Å²) >= 11 is 0. The molecule has 0 aromatic heterocycles. The van der Waals surface area contributed by atoms with Crippen molar-refractivity contribution in [3.05, 3.63) is 42.5 Å². The molecule has 3 nitrogen and oxygen atoms in total. The summed E-state index contributed by atoms with van der Waals surface area (Å²) in [5.41, 5.74) is 1.13. The number of nitrogens with one attached hydrogen (secondary N) is 1. The molecule has 0 unspecified atom stereocenters. The summed E-state index contributed by atoms with van der Waals surface area (Å²) in [5, 5.41) is 5.14. The second kappa shape index (κ2) is 6.84. The van der Waals surface area contributed by atoms with Gasteiger partial charge in [0.1, 0.15) is 6.10 Å². The topological polar surface area (TPSA) is 38.3 Å². The fraction of sp³-hybridized carbons (Fsp3) is 0.476. The van der Waals surface area contributed by atoms with E-state index in [0.717, 1.165) is 48.1 Å². The third-order valence-corrected chi connectivity index (χ3v) is 5.17. The number of hydrogen-bond donors (Lipinski definition) is 1. The van der Waals surface area contributed by atoms with Gasteiger partial charge >= 0.3 is 6.09 Å². The van der Waals surface area contributed by atoms with Gasteiger partial charge in [-0.15, -0.1) is 0 Å². The lowest BCUT2D eigenvalue weighted by atomic mass is 9.72. The van der Waals surface area contributed by atoms with Gasteiger partial charge in [0, 0.05) is 5.69 Å². The van der Waals surface area contributed by atoms with E-state index < -0.39 is 0 Å². The first-order valence-corrected chi connectivity index (χ1v) is 8.88. The summed E-state index contributed by atoms with van der Waals surface area (Å²) < 4.78 is 5.62. The van der Waals surface area contributed by atoms with Crippen LogP contribution in [-0.4, -0.2) is 12.2 Å². The first-order valence-electron chi connectivity index (χ1n) is 8.88. The van der Waals surface area contributed by atoms with Crippen molar-refractivity contribution < 1.29 is 9.53 Å². The van der Waals surface area contributed by atoms with Crippen LogP contribution in [0.3, 0.4) is 0 Å². The Bertz CT molecular complexity index is 709. The minimum absolute atomic E-state index is 0.0454. The molecule has 2 aromatic rings. The van der Waals surface area contributed by atoms with Crippen LogP contribution in [-0.2, 0) is 4.74 Å².